The maximum atomic E-state index is 8.59. The molecule has 0 bridgehead atoms. The van der Waals surface area contributed by atoms with Crippen molar-refractivity contribution in [2.24, 2.45) is 0 Å². The standard InChI is InChI=1S/C8H10.Mg.H2O3S.2H/c1-7-4-3-5-8(2)6-7;;1-4(2)3;;/h3-6H,1-2H3;;4H,(H,1,2,3);;. The SMILES string of the molecule is Cc1cccc(C)c1.O=[SH](=O)O.[MgH2]. The van der Waals surface area contributed by atoms with Gasteiger partial charge < -0.3 is 0 Å². The Labute approximate surface area is 96.1 Å². The quantitative estimate of drug-likeness (QED) is 0.375. The molecule has 0 fully saturated rings. The van der Waals surface area contributed by atoms with Crippen molar-refractivity contribution in [2.45, 2.75) is 13.8 Å². The zero-order valence-electron chi connectivity index (χ0n) is 7.02. The van der Waals surface area contributed by atoms with Gasteiger partial charge in [-0.15, -0.1) is 0 Å². The van der Waals surface area contributed by atoms with Gasteiger partial charge in [-0.25, -0.2) is 8.42 Å². The average Bonchev–Trinajstić information content (AvgIpc) is 1.84. The van der Waals surface area contributed by atoms with Crippen molar-refractivity contribution in [1.82, 2.24) is 0 Å². The third-order valence-corrected chi connectivity index (χ3v) is 1.17. The molecule has 0 aliphatic carbocycles. The van der Waals surface area contributed by atoms with Crippen LogP contribution in [0.5, 0.6) is 0 Å². The summed E-state index contributed by atoms with van der Waals surface area (Å²) >= 11 is 0. The van der Waals surface area contributed by atoms with Crippen LogP contribution in [0.1, 0.15) is 11.1 Å². The maximum absolute atomic E-state index is 8.59. The van der Waals surface area contributed by atoms with E-state index < -0.39 is 11.0 Å². The second kappa shape index (κ2) is 8.49. The van der Waals surface area contributed by atoms with Crippen LogP contribution in [-0.2, 0) is 11.0 Å². The van der Waals surface area contributed by atoms with E-state index in [1.54, 1.807) is 0 Å². The molecule has 72 valence electrons. The topological polar surface area (TPSA) is 54.4 Å². The molecule has 0 amide bonds. The lowest BCUT2D eigenvalue weighted by molar-refractivity contribution is 0.509. The molecule has 0 unspecified atom stereocenters. The van der Waals surface area contributed by atoms with Gasteiger partial charge in [0, 0.05) is 0 Å². The molecule has 0 atom stereocenters. The van der Waals surface area contributed by atoms with Crippen molar-refractivity contribution in [3.8, 4) is 0 Å². The third kappa shape index (κ3) is 11.9. The van der Waals surface area contributed by atoms with Gasteiger partial charge in [0.15, 0.2) is 0 Å². The van der Waals surface area contributed by atoms with Crippen LogP contribution in [0.3, 0.4) is 0 Å². The summed E-state index contributed by atoms with van der Waals surface area (Å²) < 4.78 is 24.2. The molecular weight excluding hydrogens is 200 g/mol. The Hall–Kier alpha value is -0.104. The van der Waals surface area contributed by atoms with Gasteiger partial charge in [0.1, 0.15) is 0 Å². The minimum Gasteiger partial charge on any atom is -0.288 e. The lowest BCUT2D eigenvalue weighted by Gasteiger charge is -1.90. The minimum atomic E-state index is -3.12. The van der Waals surface area contributed by atoms with Gasteiger partial charge in [0.05, 0.1) is 0 Å². The molecule has 1 aromatic carbocycles. The summed E-state index contributed by atoms with van der Waals surface area (Å²) in [5, 5.41) is 0. The van der Waals surface area contributed by atoms with Gasteiger partial charge in [0.25, 0.3) is 11.0 Å². The largest absolute Gasteiger partial charge is 0.316 e. The highest BCUT2D eigenvalue weighted by atomic mass is 32.2. The molecule has 1 aromatic rings. The van der Waals surface area contributed by atoms with Gasteiger partial charge in [-0.05, 0) is 13.8 Å². The second-order valence-electron chi connectivity index (χ2n) is 2.40. The summed E-state index contributed by atoms with van der Waals surface area (Å²) in [6, 6.07) is 8.45. The van der Waals surface area contributed by atoms with Gasteiger partial charge >= 0.3 is 23.1 Å². The molecule has 0 saturated heterocycles. The van der Waals surface area contributed by atoms with Crippen LogP contribution in [0, 0.1) is 13.8 Å². The van der Waals surface area contributed by atoms with Crippen LogP contribution in [0.15, 0.2) is 24.3 Å². The Morgan fingerprint density at radius 1 is 1.15 bits per heavy atom. The van der Waals surface area contributed by atoms with Crippen molar-refractivity contribution in [2.75, 3.05) is 0 Å². The van der Waals surface area contributed by atoms with E-state index in [0.717, 1.165) is 0 Å². The summed E-state index contributed by atoms with van der Waals surface area (Å²) in [6.07, 6.45) is 0. The highest BCUT2D eigenvalue weighted by Crippen LogP contribution is 2.00. The lowest BCUT2D eigenvalue weighted by atomic mass is 10.2. The second-order valence-corrected chi connectivity index (χ2v) is 2.87. The van der Waals surface area contributed by atoms with Crippen LogP contribution in [0.25, 0.3) is 0 Å². The molecular formula is C8H14MgO3S. The molecule has 1 rings (SSSR count). The van der Waals surface area contributed by atoms with E-state index in [2.05, 4.69) is 38.1 Å². The van der Waals surface area contributed by atoms with E-state index in [9.17, 15) is 0 Å². The molecule has 0 aliphatic rings. The maximum Gasteiger partial charge on any atom is 0.316 e. The first-order valence-electron chi connectivity index (χ1n) is 3.39. The summed E-state index contributed by atoms with van der Waals surface area (Å²) in [5.74, 6) is 0. The van der Waals surface area contributed by atoms with Crippen molar-refractivity contribution in [3.05, 3.63) is 35.4 Å². The van der Waals surface area contributed by atoms with Crippen LogP contribution >= 0.6 is 0 Å². The molecule has 0 saturated carbocycles. The number of thiol groups is 1. The fraction of sp³-hybridized carbons (Fsp3) is 0.250. The van der Waals surface area contributed by atoms with E-state index in [1.807, 2.05) is 0 Å². The number of hydrogen-bond acceptors (Lipinski definition) is 2. The Kier molecular flexibility index (Phi) is 10.0. The van der Waals surface area contributed by atoms with Crippen LogP contribution < -0.4 is 0 Å². The molecule has 0 heterocycles. The normalized spacial score (nSPS) is 8.31. The Morgan fingerprint density at radius 3 is 1.62 bits per heavy atom. The molecule has 0 aliphatic heterocycles. The first-order chi connectivity index (χ1) is 5.52. The van der Waals surface area contributed by atoms with Crippen LogP contribution in [0.4, 0.5) is 0 Å². The molecule has 0 spiro atoms. The molecule has 3 nitrogen and oxygen atoms in total. The highest BCUT2D eigenvalue weighted by molar-refractivity contribution is 7.66. The van der Waals surface area contributed by atoms with Crippen molar-refractivity contribution >= 4 is 34.0 Å². The van der Waals surface area contributed by atoms with Gasteiger partial charge in [0.2, 0.25) is 0 Å². The molecule has 0 radical (unpaired) electrons. The molecule has 0 aromatic heterocycles. The van der Waals surface area contributed by atoms with Crippen molar-refractivity contribution < 1.29 is 13.0 Å². The number of benzene rings is 1. The van der Waals surface area contributed by atoms with Gasteiger partial charge in [-0.1, -0.05) is 35.4 Å². The van der Waals surface area contributed by atoms with E-state index in [1.165, 1.54) is 11.1 Å². The summed E-state index contributed by atoms with van der Waals surface area (Å²) in [5.41, 5.74) is 2.68. The fourth-order valence-electron chi connectivity index (χ4n) is 0.807. The lowest BCUT2D eigenvalue weighted by Crippen LogP contribution is -1.71. The van der Waals surface area contributed by atoms with Gasteiger partial charge in [-0.3, -0.25) is 4.55 Å². The predicted molar refractivity (Wildman–Crippen MR) is 57.4 cm³/mol. The fourth-order valence-corrected chi connectivity index (χ4v) is 0.807. The van der Waals surface area contributed by atoms with Crippen LogP contribution in [0.2, 0.25) is 0 Å². The van der Waals surface area contributed by atoms with E-state index in [-0.39, 0.29) is 23.1 Å². The van der Waals surface area contributed by atoms with Crippen molar-refractivity contribution in [3.63, 3.8) is 0 Å². The number of rotatable bonds is 0. The Balaban J connectivity index is 0. The summed E-state index contributed by atoms with van der Waals surface area (Å²) in [6.45, 7) is 4.21. The van der Waals surface area contributed by atoms with Gasteiger partial charge in [-0.2, -0.15) is 0 Å². The molecule has 1 N–H and O–H groups in total. The minimum absolute atomic E-state index is 0. The number of aryl methyl sites for hydroxylation is 2. The number of hydrogen-bond donors (Lipinski definition) is 2. The smallest absolute Gasteiger partial charge is 0.288 e. The first kappa shape index (κ1) is 15.4. The molecule has 13 heavy (non-hydrogen) atoms. The van der Waals surface area contributed by atoms with Crippen molar-refractivity contribution in [1.29, 1.82) is 0 Å². The van der Waals surface area contributed by atoms with Crippen LogP contribution in [-0.4, -0.2) is 36.0 Å². The third-order valence-electron chi connectivity index (χ3n) is 1.17. The summed E-state index contributed by atoms with van der Waals surface area (Å²) in [7, 11) is -3.12. The Morgan fingerprint density at radius 2 is 1.46 bits per heavy atom. The van der Waals surface area contributed by atoms with E-state index >= 15 is 0 Å². The average molecular weight is 215 g/mol. The summed E-state index contributed by atoms with van der Waals surface area (Å²) in [4.78, 5) is 0. The molecule has 5 heteroatoms. The highest BCUT2D eigenvalue weighted by Gasteiger charge is 1.80. The zero-order valence-corrected chi connectivity index (χ0v) is 7.91. The predicted octanol–water partition coefficient (Wildman–Crippen LogP) is 0.458. The zero-order chi connectivity index (χ0) is 9.56. The first-order valence-corrected chi connectivity index (χ1v) is 4.52. The Bertz CT molecular complexity index is 285. The van der Waals surface area contributed by atoms with E-state index in [4.69, 9.17) is 13.0 Å². The monoisotopic (exact) mass is 214 g/mol. The van der Waals surface area contributed by atoms with E-state index in [0.29, 0.717) is 0 Å².